The molecule has 17 heavy (non-hydrogen) atoms. The van der Waals surface area contributed by atoms with Crippen LogP contribution in [0.1, 0.15) is 41.5 Å². The van der Waals surface area contributed by atoms with E-state index >= 15 is 0 Å². The minimum atomic E-state index is -3.95. The average molecular weight is 266 g/mol. The van der Waals surface area contributed by atoms with Crippen LogP contribution in [0.15, 0.2) is 0 Å². The first-order valence-corrected chi connectivity index (χ1v) is 7.52. The lowest BCUT2D eigenvalue weighted by atomic mass is 9.91. The Bertz CT molecular complexity index is 331. The van der Waals surface area contributed by atoms with Gasteiger partial charge in [-0.05, 0) is 0 Å². The van der Waals surface area contributed by atoms with Crippen LogP contribution in [0.25, 0.3) is 0 Å². The number of quaternary nitrogens is 1. The molecule has 104 valence electrons. The van der Waals surface area contributed by atoms with E-state index in [0.717, 1.165) is 0 Å². The molecule has 0 radical (unpaired) electrons. The van der Waals surface area contributed by atoms with E-state index in [9.17, 15) is 8.42 Å². The molecular formula is C12H28NO3S+. The smallest absolute Gasteiger partial charge is 0.311 e. The summed E-state index contributed by atoms with van der Waals surface area (Å²) in [6.45, 7) is 13.9. The predicted molar refractivity (Wildman–Crippen MR) is 71.2 cm³/mol. The zero-order chi connectivity index (χ0) is 14.1. The van der Waals surface area contributed by atoms with Gasteiger partial charge in [0.05, 0.1) is 20.1 Å². The molecule has 1 N–H and O–H groups in total. The Hall–Kier alpha value is -0.130. The SMILES string of the molecule is CC(C)(C)C[N+](C)(CC(C)(C)C)CS(=O)(=O)O. The summed E-state index contributed by atoms with van der Waals surface area (Å²) < 4.78 is 31.8. The van der Waals surface area contributed by atoms with Gasteiger partial charge >= 0.3 is 10.1 Å². The molecule has 4 nitrogen and oxygen atoms in total. The molecule has 0 atom stereocenters. The van der Waals surface area contributed by atoms with Crippen LogP contribution in [0.5, 0.6) is 0 Å². The molecule has 0 amide bonds. The van der Waals surface area contributed by atoms with E-state index in [-0.39, 0.29) is 16.7 Å². The highest BCUT2D eigenvalue weighted by molar-refractivity contribution is 7.85. The highest BCUT2D eigenvalue weighted by Gasteiger charge is 2.36. The first-order valence-electron chi connectivity index (χ1n) is 5.91. The first kappa shape index (κ1) is 16.9. The van der Waals surface area contributed by atoms with Gasteiger partial charge in [-0.3, -0.25) is 4.55 Å². The molecule has 0 aromatic heterocycles. The lowest BCUT2D eigenvalue weighted by molar-refractivity contribution is -0.910. The van der Waals surface area contributed by atoms with Crippen molar-refractivity contribution in [3.63, 3.8) is 0 Å². The minimum Gasteiger partial charge on any atom is -0.311 e. The molecule has 0 unspecified atom stereocenters. The molecule has 0 aromatic carbocycles. The molecule has 0 aromatic rings. The lowest BCUT2D eigenvalue weighted by Crippen LogP contribution is -2.55. The van der Waals surface area contributed by atoms with E-state index < -0.39 is 10.1 Å². The molecule has 0 rings (SSSR count). The fraction of sp³-hybridized carbons (Fsp3) is 1.00. The molecule has 0 fully saturated rings. The Morgan fingerprint density at radius 2 is 1.24 bits per heavy atom. The van der Waals surface area contributed by atoms with Crippen LogP contribution in [0.2, 0.25) is 0 Å². The summed E-state index contributed by atoms with van der Waals surface area (Å²) in [7, 11) is -2.06. The quantitative estimate of drug-likeness (QED) is 0.628. The third-order valence-corrected chi connectivity index (χ3v) is 3.14. The van der Waals surface area contributed by atoms with Gasteiger partial charge in [-0.25, -0.2) is 0 Å². The standard InChI is InChI=1S/C12H27NO3S/c1-11(2,3)8-13(7,9-12(4,5)6)10-17(14,15)16/h8-10H2,1-7H3/p+1. The van der Waals surface area contributed by atoms with Crippen LogP contribution in [0, 0.1) is 10.8 Å². The van der Waals surface area contributed by atoms with Gasteiger partial charge in [0.2, 0.25) is 5.88 Å². The Morgan fingerprint density at radius 3 is 1.41 bits per heavy atom. The van der Waals surface area contributed by atoms with Crippen molar-refractivity contribution < 1.29 is 17.5 Å². The van der Waals surface area contributed by atoms with Crippen molar-refractivity contribution in [2.24, 2.45) is 10.8 Å². The van der Waals surface area contributed by atoms with Crippen LogP contribution in [-0.4, -0.2) is 43.5 Å². The first-order chi connectivity index (χ1) is 7.12. The fourth-order valence-electron chi connectivity index (χ4n) is 2.83. The zero-order valence-electron chi connectivity index (χ0n) is 12.2. The van der Waals surface area contributed by atoms with E-state index in [1.807, 2.05) is 7.05 Å². The van der Waals surface area contributed by atoms with Gasteiger partial charge in [-0.1, -0.05) is 41.5 Å². The van der Waals surface area contributed by atoms with Gasteiger partial charge < -0.3 is 4.48 Å². The highest BCUT2D eigenvalue weighted by Crippen LogP contribution is 2.26. The number of nitrogens with zero attached hydrogens (tertiary/aromatic N) is 1. The van der Waals surface area contributed by atoms with Gasteiger partial charge in [0, 0.05) is 10.8 Å². The maximum absolute atomic E-state index is 11.2. The second-order valence-electron chi connectivity index (χ2n) is 7.77. The predicted octanol–water partition coefficient (Wildman–Crippen LogP) is 2.37. The van der Waals surface area contributed by atoms with E-state index in [2.05, 4.69) is 41.5 Å². The Kier molecular flexibility index (Phi) is 4.82. The molecule has 0 aliphatic heterocycles. The number of rotatable bonds is 4. The zero-order valence-corrected chi connectivity index (χ0v) is 13.1. The van der Waals surface area contributed by atoms with Crippen LogP contribution in [0.4, 0.5) is 0 Å². The van der Waals surface area contributed by atoms with Gasteiger partial charge in [-0.15, -0.1) is 0 Å². The van der Waals surface area contributed by atoms with Gasteiger partial charge in [0.15, 0.2) is 0 Å². The van der Waals surface area contributed by atoms with Crippen molar-refractivity contribution >= 4 is 10.1 Å². The Labute approximate surface area is 106 Å². The van der Waals surface area contributed by atoms with E-state index in [0.29, 0.717) is 17.6 Å². The normalized spacial score (nSPS) is 15.1. The van der Waals surface area contributed by atoms with Crippen molar-refractivity contribution in [2.45, 2.75) is 41.5 Å². The van der Waals surface area contributed by atoms with E-state index in [4.69, 9.17) is 4.55 Å². The van der Waals surface area contributed by atoms with Crippen molar-refractivity contribution in [1.29, 1.82) is 0 Å². The van der Waals surface area contributed by atoms with Gasteiger partial charge in [0.1, 0.15) is 0 Å². The highest BCUT2D eigenvalue weighted by atomic mass is 32.2. The summed E-state index contributed by atoms with van der Waals surface area (Å²) in [5.41, 5.74) is 0.0371. The topological polar surface area (TPSA) is 54.4 Å². The largest absolute Gasteiger partial charge is 0.316 e. The molecule has 0 aliphatic rings. The van der Waals surface area contributed by atoms with Gasteiger partial charge in [-0.2, -0.15) is 8.42 Å². The maximum Gasteiger partial charge on any atom is 0.316 e. The molecule has 5 heteroatoms. The monoisotopic (exact) mass is 266 g/mol. The number of hydrogen-bond donors (Lipinski definition) is 1. The molecule has 0 saturated heterocycles. The van der Waals surface area contributed by atoms with Crippen molar-refractivity contribution in [3.8, 4) is 0 Å². The molecule has 0 saturated carbocycles. The van der Waals surface area contributed by atoms with Crippen LogP contribution < -0.4 is 0 Å². The summed E-state index contributed by atoms with van der Waals surface area (Å²) in [6, 6.07) is 0. The van der Waals surface area contributed by atoms with Gasteiger partial charge in [0.25, 0.3) is 0 Å². The Balaban J connectivity index is 5.08. The van der Waals surface area contributed by atoms with Crippen LogP contribution in [-0.2, 0) is 10.1 Å². The summed E-state index contributed by atoms with van der Waals surface area (Å²) in [6.07, 6.45) is 0. The van der Waals surface area contributed by atoms with Crippen LogP contribution in [0.3, 0.4) is 0 Å². The third-order valence-electron chi connectivity index (χ3n) is 2.19. The van der Waals surface area contributed by atoms with Crippen molar-refractivity contribution in [2.75, 3.05) is 26.0 Å². The molecular weight excluding hydrogens is 238 g/mol. The molecule has 0 spiro atoms. The molecule has 0 heterocycles. The average Bonchev–Trinajstić information content (AvgIpc) is 1.65. The lowest BCUT2D eigenvalue weighted by Gasteiger charge is -2.41. The fourth-order valence-corrected chi connectivity index (χ4v) is 3.80. The van der Waals surface area contributed by atoms with E-state index in [1.54, 1.807) is 0 Å². The molecule has 0 bridgehead atoms. The molecule has 0 aliphatic carbocycles. The van der Waals surface area contributed by atoms with Crippen molar-refractivity contribution in [1.82, 2.24) is 0 Å². The van der Waals surface area contributed by atoms with Crippen LogP contribution >= 0.6 is 0 Å². The minimum absolute atomic E-state index is 0.0185. The summed E-state index contributed by atoms with van der Waals surface area (Å²) in [4.78, 5) is 0. The summed E-state index contributed by atoms with van der Waals surface area (Å²) in [5, 5.41) is 0. The third kappa shape index (κ3) is 9.56. The maximum atomic E-state index is 11.2. The summed E-state index contributed by atoms with van der Waals surface area (Å²) in [5.74, 6) is -0.221. The number of hydrogen-bond acceptors (Lipinski definition) is 2. The summed E-state index contributed by atoms with van der Waals surface area (Å²) >= 11 is 0. The van der Waals surface area contributed by atoms with E-state index in [1.165, 1.54) is 0 Å². The second-order valence-corrected chi connectivity index (χ2v) is 9.19. The Morgan fingerprint density at radius 1 is 0.941 bits per heavy atom. The van der Waals surface area contributed by atoms with Crippen molar-refractivity contribution in [3.05, 3.63) is 0 Å². The second kappa shape index (κ2) is 4.86.